The second kappa shape index (κ2) is 12.8. The molecule has 0 atom stereocenters. The molecule has 4 nitrogen and oxygen atoms in total. The molecule has 0 saturated carbocycles. The van der Waals surface area contributed by atoms with Gasteiger partial charge in [-0.3, -0.25) is 0 Å². The van der Waals surface area contributed by atoms with Crippen molar-refractivity contribution in [2.75, 3.05) is 4.90 Å². The van der Waals surface area contributed by atoms with Crippen LogP contribution in [-0.2, 0) is 5.41 Å². The lowest BCUT2D eigenvalue weighted by Crippen LogP contribution is -2.37. The van der Waals surface area contributed by atoms with Crippen LogP contribution in [0.4, 0.5) is 28.4 Å². The Hall–Kier alpha value is -7.66. The normalized spacial score (nSPS) is 12.8. The molecule has 0 bridgehead atoms. The van der Waals surface area contributed by atoms with E-state index in [9.17, 15) is 0 Å². The lowest BCUT2D eigenvalue weighted by molar-refractivity contribution is 0.731. The van der Waals surface area contributed by atoms with Gasteiger partial charge in [-0.15, -0.1) is 0 Å². The van der Waals surface area contributed by atoms with E-state index in [1.807, 2.05) is 42.5 Å². The van der Waals surface area contributed by atoms with E-state index in [1.54, 1.807) is 0 Å². The average molecular weight is 701 g/mol. The molecule has 1 aliphatic heterocycles. The first kappa shape index (κ1) is 32.0. The molecule has 10 rings (SSSR count). The number of aromatic nitrogens is 1. The van der Waals surface area contributed by atoms with Gasteiger partial charge in [0.25, 0.3) is 0 Å². The van der Waals surface area contributed by atoms with Gasteiger partial charge in [0.1, 0.15) is 0 Å². The molecule has 1 aromatic heterocycles. The van der Waals surface area contributed by atoms with Crippen LogP contribution < -0.4 is 4.90 Å². The zero-order valence-corrected chi connectivity index (χ0v) is 29.8. The highest BCUT2D eigenvalue weighted by Gasteiger charge is 2.46. The van der Waals surface area contributed by atoms with E-state index in [2.05, 4.69) is 171 Å². The molecule has 0 spiro atoms. The SMILES string of the molecule is [C-]#[N+]c1ccc2c(c1)c1ccccc1n2-c1c([N+]#[C-])cccc1-c1ccc(N2c3ccccc3C(c3ccccc3)(c3ccccc3)c3ccccc32)cc1. The predicted molar refractivity (Wildman–Crippen MR) is 225 cm³/mol. The van der Waals surface area contributed by atoms with Crippen LogP contribution in [0.2, 0.25) is 0 Å². The summed E-state index contributed by atoms with van der Waals surface area (Å²) in [7, 11) is 0. The number of anilines is 3. The highest BCUT2D eigenvalue weighted by Crippen LogP contribution is 2.57. The van der Waals surface area contributed by atoms with Gasteiger partial charge in [-0.25, -0.2) is 9.69 Å². The Labute approximate surface area is 320 Å². The number of para-hydroxylation sites is 4. The van der Waals surface area contributed by atoms with E-state index in [1.165, 1.54) is 22.3 Å². The first-order valence-electron chi connectivity index (χ1n) is 18.3. The van der Waals surface area contributed by atoms with Crippen LogP contribution in [0.25, 0.3) is 48.3 Å². The number of nitrogens with zero attached hydrogens (tertiary/aromatic N) is 4. The Morgan fingerprint density at radius 2 is 1.04 bits per heavy atom. The Bertz CT molecular complexity index is 2910. The van der Waals surface area contributed by atoms with Crippen LogP contribution in [0.3, 0.4) is 0 Å². The van der Waals surface area contributed by atoms with Crippen molar-refractivity contribution in [1.29, 1.82) is 0 Å². The van der Waals surface area contributed by atoms with Crippen LogP contribution in [0, 0.1) is 13.1 Å². The van der Waals surface area contributed by atoms with Crippen molar-refractivity contribution in [3.8, 4) is 16.8 Å². The van der Waals surface area contributed by atoms with Crippen molar-refractivity contribution in [1.82, 2.24) is 4.57 Å². The fourth-order valence-electron chi connectivity index (χ4n) is 8.84. The lowest BCUT2D eigenvalue weighted by Gasteiger charge is -2.46. The number of benzene rings is 8. The summed E-state index contributed by atoms with van der Waals surface area (Å²) in [5.74, 6) is 0. The molecule has 0 fully saturated rings. The molecule has 0 amide bonds. The van der Waals surface area contributed by atoms with Gasteiger partial charge in [-0.1, -0.05) is 152 Å². The summed E-state index contributed by atoms with van der Waals surface area (Å²) in [5, 5.41) is 2.04. The molecule has 0 saturated heterocycles. The van der Waals surface area contributed by atoms with E-state index in [4.69, 9.17) is 13.1 Å². The molecule has 256 valence electrons. The third-order valence-corrected chi connectivity index (χ3v) is 11.1. The van der Waals surface area contributed by atoms with Gasteiger partial charge in [0.05, 0.1) is 46.7 Å². The highest BCUT2D eigenvalue weighted by molar-refractivity contribution is 6.11. The smallest absolute Gasteiger partial charge is 0.211 e. The molecule has 4 heteroatoms. The first-order valence-corrected chi connectivity index (χ1v) is 18.3. The van der Waals surface area contributed by atoms with E-state index >= 15 is 0 Å². The molecule has 0 N–H and O–H groups in total. The zero-order chi connectivity index (χ0) is 36.9. The second-order valence-corrected chi connectivity index (χ2v) is 13.8. The third kappa shape index (κ3) is 4.76. The number of fused-ring (bicyclic) bond motifs is 5. The van der Waals surface area contributed by atoms with E-state index in [0.29, 0.717) is 11.4 Å². The van der Waals surface area contributed by atoms with Gasteiger partial charge >= 0.3 is 0 Å². The summed E-state index contributed by atoms with van der Waals surface area (Å²) in [6.07, 6.45) is 0. The second-order valence-electron chi connectivity index (χ2n) is 13.8. The van der Waals surface area contributed by atoms with Gasteiger partial charge < -0.3 is 9.47 Å². The Balaban J connectivity index is 1.16. The van der Waals surface area contributed by atoms with E-state index in [-0.39, 0.29) is 0 Å². The van der Waals surface area contributed by atoms with Crippen LogP contribution in [0.15, 0.2) is 194 Å². The number of hydrogen-bond acceptors (Lipinski definition) is 1. The third-order valence-electron chi connectivity index (χ3n) is 11.1. The summed E-state index contributed by atoms with van der Waals surface area (Å²) in [5.41, 5.74) is 13.6. The summed E-state index contributed by atoms with van der Waals surface area (Å²) < 4.78 is 2.19. The largest absolute Gasteiger partial charge is 0.318 e. The average Bonchev–Trinajstić information content (AvgIpc) is 3.59. The molecule has 1 aliphatic rings. The number of rotatable bonds is 5. The van der Waals surface area contributed by atoms with Gasteiger partial charge in [0.15, 0.2) is 5.69 Å². The summed E-state index contributed by atoms with van der Waals surface area (Å²) in [6.45, 7) is 15.9. The Morgan fingerprint density at radius 1 is 0.455 bits per heavy atom. The summed E-state index contributed by atoms with van der Waals surface area (Å²) in [6, 6.07) is 68.1. The standard InChI is InChI=1S/C51H32N4/c1-52-38-30-33-47-42(34-38)41-20-9-12-25-46(41)55(47)50-40(21-15-24-45(50)53-2)35-28-31-39(32-29-35)54-48-26-13-10-22-43(48)51(36-16-5-3-6-17-36,37-18-7-4-8-19-37)44-23-11-14-27-49(44)54/h3-34H. The lowest BCUT2D eigenvalue weighted by atomic mass is 9.62. The first-order chi connectivity index (χ1) is 27.2. The summed E-state index contributed by atoms with van der Waals surface area (Å²) >= 11 is 0. The van der Waals surface area contributed by atoms with Gasteiger partial charge in [-0.2, -0.15) is 0 Å². The van der Waals surface area contributed by atoms with Crippen molar-refractivity contribution >= 4 is 50.2 Å². The molecular weight excluding hydrogens is 669 g/mol. The zero-order valence-electron chi connectivity index (χ0n) is 29.8. The maximum absolute atomic E-state index is 8.25. The van der Waals surface area contributed by atoms with Crippen LogP contribution in [0.1, 0.15) is 22.3 Å². The Morgan fingerprint density at radius 3 is 1.67 bits per heavy atom. The molecule has 8 aromatic carbocycles. The van der Waals surface area contributed by atoms with Gasteiger partial charge in [0, 0.05) is 11.1 Å². The minimum Gasteiger partial charge on any atom is -0.318 e. The monoisotopic (exact) mass is 700 g/mol. The van der Waals surface area contributed by atoms with Crippen LogP contribution >= 0.6 is 0 Å². The van der Waals surface area contributed by atoms with Crippen molar-refractivity contribution < 1.29 is 0 Å². The maximum Gasteiger partial charge on any atom is 0.211 e. The van der Waals surface area contributed by atoms with Crippen LogP contribution in [0.5, 0.6) is 0 Å². The molecule has 0 aliphatic carbocycles. The summed E-state index contributed by atoms with van der Waals surface area (Å²) in [4.78, 5) is 10.1. The maximum atomic E-state index is 8.25. The van der Waals surface area contributed by atoms with E-state index in [0.717, 1.165) is 55.7 Å². The van der Waals surface area contributed by atoms with Crippen LogP contribution in [-0.4, -0.2) is 4.57 Å². The predicted octanol–water partition coefficient (Wildman–Crippen LogP) is 13.7. The fourth-order valence-corrected chi connectivity index (χ4v) is 8.84. The minimum absolute atomic E-state index is 0.529. The molecule has 9 aromatic rings. The van der Waals surface area contributed by atoms with Gasteiger partial charge in [0.2, 0.25) is 5.69 Å². The van der Waals surface area contributed by atoms with Crippen molar-refractivity contribution in [2.45, 2.75) is 5.41 Å². The molecular formula is C51H32N4. The van der Waals surface area contributed by atoms with E-state index < -0.39 is 5.41 Å². The molecule has 55 heavy (non-hydrogen) atoms. The Kier molecular flexibility index (Phi) is 7.44. The fraction of sp³-hybridized carbons (Fsp3) is 0.0196. The highest BCUT2D eigenvalue weighted by atomic mass is 15.2. The van der Waals surface area contributed by atoms with Crippen molar-refractivity contribution in [2.24, 2.45) is 0 Å². The minimum atomic E-state index is -0.529. The van der Waals surface area contributed by atoms with Gasteiger partial charge in [-0.05, 0) is 81.2 Å². The van der Waals surface area contributed by atoms with Crippen molar-refractivity contribution in [3.63, 3.8) is 0 Å². The number of hydrogen-bond donors (Lipinski definition) is 0. The topological polar surface area (TPSA) is 16.9 Å². The quantitative estimate of drug-likeness (QED) is 0.163. The molecule has 2 heterocycles. The molecule has 0 radical (unpaired) electrons. The van der Waals surface area contributed by atoms with Crippen molar-refractivity contribution in [3.05, 3.63) is 239 Å². The molecule has 0 unspecified atom stereocenters.